The third kappa shape index (κ3) is 3.23. The van der Waals surface area contributed by atoms with Crippen LogP contribution >= 0.6 is 0 Å². The molecule has 0 fully saturated rings. The predicted octanol–water partition coefficient (Wildman–Crippen LogP) is 2.48. The molecule has 0 spiro atoms. The first-order chi connectivity index (χ1) is 7.92. The molecule has 0 aliphatic rings. The molecule has 1 aromatic carbocycles. The van der Waals surface area contributed by atoms with Gasteiger partial charge in [-0.05, 0) is 19.1 Å². The number of hydrogen-bond donors (Lipinski definition) is 0. The molecule has 0 unspecified atom stereocenters. The van der Waals surface area contributed by atoms with Crippen LogP contribution in [0.2, 0.25) is 0 Å². The molecule has 0 heterocycles. The van der Waals surface area contributed by atoms with Crippen LogP contribution in [0.1, 0.15) is 13.3 Å². The van der Waals surface area contributed by atoms with E-state index in [1.807, 2.05) is 0 Å². The van der Waals surface area contributed by atoms with Crippen LogP contribution in [-0.4, -0.2) is 26.9 Å². The van der Waals surface area contributed by atoms with E-state index in [0.29, 0.717) is 0 Å². The van der Waals surface area contributed by atoms with Crippen molar-refractivity contribution in [2.75, 3.05) is 13.2 Å². The lowest BCUT2D eigenvalue weighted by molar-refractivity contribution is 0.0382. The Kier molecular flexibility index (Phi) is 4.59. The summed E-state index contributed by atoms with van der Waals surface area (Å²) in [4.78, 5) is -0.374. The van der Waals surface area contributed by atoms with Crippen molar-refractivity contribution in [3.8, 4) is 0 Å². The first kappa shape index (κ1) is 14.1. The average Bonchev–Trinajstić information content (AvgIpc) is 2.30. The number of alkyl halides is 2. The van der Waals surface area contributed by atoms with Gasteiger partial charge < -0.3 is 4.74 Å². The maximum absolute atomic E-state index is 13.5. The second-order valence-corrected chi connectivity index (χ2v) is 5.48. The Balaban J connectivity index is 2.90. The highest BCUT2D eigenvalue weighted by Gasteiger charge is 2.45. The van der Waals surface area contributed by atoms with Gasteiger partial charge in [0.15, 0.2) is 0 Å². The summed E-state index contributed by atoms with van der Waals surface area (Å²) in [7, 11) is -4.63. The molecule has 6 heteroatoms. The summed E-state index contributed by atoms with van der Waals surface area (Å²) in [6, 6.07) is 6.70. The normalized spacial score (nSPS) is 12.6. The van der Waals surface area contributed by atoms with E-state index in [0.717, 1.165) is 12.1 Å². The Labute approximate surface area is 99.3 Å². The van der Waals surface area contributed by atoms with Gasteiger partial charge in [-0.25, -0.2) is 8.42 Å². The fourth-order valence-electron chi connectivity index (χ4n) is 1.24. The summed E-state index contributed by atoms with van der Waals surface area (Å²) >= 11 is 0. The van der Waals surface area contributed by atoms with Gasteiger partial charge in [-0.1, -0.05) is 18.2 Å². The highest BCUT2D eigenvalue weighted by Crippen LogP contribution is 2.31. The monoisotopic (exact) mass is 264 g/mol. The van der Waals surface area contributed by atoms with Crippen molar-refractivity contribution in [3.05, 3.63) is 30.3 Å². The first-order valence-corrected chi connectivity index (χ1v) is 6.65. The fourth-order valence-corrected chi connectivity index (χ4v) is 2.45. The van der Waals surface area contributed by atoms with E-state index in [4.69, 9.17) is 4.74 Å². The number of ether oxygens (including phenoxy) is 1. The van der Waals surface area contributed by atoms with Gasteiger partial charge in [-0.2, -0.15) is 8.78 Å². The molecular weight excluding hydrogens is 250 g/mol. The molecule has 1 aromatic rings. The van der Waals surface area contributed by atoms with Crippen molar-refractivity contribution in [1.82, 2.24) is 0 Å². The van der Waals surface area contributed by atoms with Crippen LogP contribution in [0, 0.1) is 0 Å². The lowest BCUT2D eigenvalue weighted by Gasteiger charge is -2.16. The smallest absolute Gasteiger partial charge is 0.352 e. The molecule has 0 amide bonds. The van der Waals surface area contributed by atoms with Crippen LogP contribution in [0.15, 0.2) is 35.2 Å². The topological polar surface area (TPSA) is 43.4 Å². The molecule has 96 valence electrons. The van der Waals surface area contributed by atoms with Crippen LogP contribution < -0.4 is 0 Å². The zero-order chi connectivity index (χ0) is 12.9. The van der Waals surface area contributed by atoms with Crippen LogP contribution in [-0.2, 0) is 14.6 Å². The lowest BCUT2D eigenvalue weighted by atomic mass is 10.4. The van der Waals surface area contributed by atoms with Gasteiger partial charge in [0, 0.05) is 6.61 Å². The molecule has 0 aliphatic carbocycles. The molecule has 3 nitrogen and oxygen atoms in total. The zero-order valence-electron chi connectivity index (χ0n) is 9.40. The van der Waals surface area contributed by atoms with Gasteiger partial charge in [-0.3, -0.25) is 0 Å². The van der Waals surface area contributed by atoms with Crippen LogP contribution in [0.4, 0.5) is 8.78 Å². The predicted molar refractivity (Wildman–Crippen MR) is 59.7 cm³/mol. The Bertz CT molecular complexity index is 443. The molecule has 1 rings (SSSR count). The van der Waals surface area contributed by atoms with Crippen molar-refractivity contribution >= 4 is 9.84 Å². The molecule has 0 saturated carbocycles. The number of hydrogen-bond acceptors (Lipinski definition) is 3. The van der Waals surface area contributed by atoms with Gasteiger partial charge in [0.1, 0.15) is 0 Å². The summed E-state index contributed by atoms with van der Waals surface area (Å²) in [5.74, 6) is 0. The maximum atomic E-state index is 13.5. The molecule has 0 aromatic heterocycles. The fraction of sp³-hybridized carbons (Fsp3) is 0.455. The third-order valence-electron chi connectivity index (χ3n) is 2.19. The summed E-state index contributed by atoms with van der Waals surface area (Å²) in [5, 5.41) is -3.80. The van der Waals surface area contributed by atoms with Crippen LogP contribution in [0.5, 0.6) is 0 Å². The van der Waals surface area contributed by atoms with E-state index in [-0.39, 0.29) is 18.1 Å². The molecule has 0 N–H and O–H groups in total. The highest BCUT2D eigenvalue weighted by atomic mass is 32.2. The third-order valence-corrected chi connectivity index (χ3v) is 4.07. The van der Waals surface area contributed by atoms with Gasteiger partial charge in [0.2, 0.25) is 9.84 Å². The number of sulfone groups is 1. The van der Waals surface area contributed by atoms with Gasteiger partial charge in [-0.15, -0.1) is 0 Å². The van der Waals surface area contributed by atoms with E-state index in [1.54, 1.807) is 13.0 Å². The number of benzene rings is 1. The maximum Gasteiger partial charge on any atom is 0.352 e. The highest BCUT2D eigenvalue weighted by molar-refractivity contribution is 7.92. The minimum Gasteiger partial charge on any atom is -0.381 e. The molecular formula is C11H14F2O3S. The van der Waals surface area contributed by atoms with E-state index in [1.165, 1.54) is 12.1 Å². The van der Waals surface area contributed by atoms with E-state index < -0.39 is 21.5 Å². The van der Waals surface area contributed by atoms with Crippen molar-refractivity contribution in [3.63, 3.8) is 0 Å². The van der Waals surface area contributed by atoms with Crippen molar-refractivity contribution in [2.45, 2.75) is 23.5 Å². The lowest BCUT2D eigenvalue weighted by Crippen LogP contribution is -2.30. The average molecular weight is 264 g/mol. The molecule has 0 radical (unpaired) electrons. The Hall–Kier alpha value is -1.01. The van der Waals surface area contributed by atoms with Crippen LogP contribution in [0.25, 0.3) is 0 Å². The largest absolute Gasteiger partial charge is 0.381 e. The summed E-state index contributed by atoms with van der Waals surface area (Å²) < 4.78 is 55.1. The van der Waals surface area contributed by atoms with E-state index in [2.05, 4.69) is 0 Å². The standard InChI is InChI=1S/C11H14F2O3S/c1-2-16-9-8-11(12,13)17(14,15)10-6-4-3-5-7-10/h3-7H,2,8-9H2,1H3. The molecule has 0 saturated heterocycles. The second kappa shape index (κ2) is 5.55. The zero-order valence-corrected chi connectivity index (χ0v) is 10.2. The minimum atomic E-state index is -4.63. The molecule has 0 atom stereocenters. The summed E-state index contributed by atoms with van der Waals surface area (Å²) in [6.45, 7) is 1.65. The van der Waals surface area contributed by atoms with Crippen molar-refractivity contribution < 1.29 is 21.9 Å². The Morgan fingerprint density at radius 3 is 2.35 bits per heavy atom. The Morgan fingerprint density at radius 2 is 1.82 bits per heavy atom. The van der Waals surface area contributed by atoms with Gasteiger partial charge in [0.25, 0.3) is 0 Å². The SMILES string of the molecule is CCOCCC(F)(F)S(=O)(=O)c1ccccc1. The van der Waals surface area contributed by atoms with E-state index in [9.17, 15) is 17.2 Å². The number of rotatable bonds is 6. The number of halogens is 2. The quantitative estimate of drug-likeness (QED) is 0.741. The second-order valence-electron chi connectivity index (χ2n) is 3.40. The molecule has 17 heavy (non-hydrogen) atoms. The molecule has 0 aliphatic heterocycles. The minimum absolute atomic E-state index is 0.279. The van der Waals surface area contributed by atoms with Crippen molar-refractivity contribution in [1.29, 1.82) is 0 Å². The van der Waals surface area contributed by atoms with Gasteiger partial charge in [0.05, 0.1) is 17.9 Å². The first-order valence-electron chi connectivity index (χ1n) is 5.17. The summed E-state index contributed by atoms with van der Waals surface area (Å²) in [6.07, 6.45) is -0.835. The van der Waals surface area contributed by atoms with Crippen LogP contribution in [0.3, 0.4) is 0 Å². The van der Waals surface area contributed by atoms with E-state index >= 15 is 0 Å². The molecule has 0 bridgehead atoms. The van der Waals surface area contributed by atoms with Gasteiger partial charge >= 0.3 is 5.25 Å². The van der Waals surface area contributed by atoms with Crippen molar-refractivity contribution in [2.24, 2.45) is 0 Å². The summed E-state index contributed by atoms with van der Waals surface area (Å²) in [5.41, 5.74) is 0. The Morgan fingerprint density at radius 1 is 1.24 bits per heavy atom.